The largest absolute Gasteiger partial charge is 0.481 e. The first-order chi connectivity index (χ1) is 34.9. The smallest absolute Gasteiger partial charge is 0.386 e. The quantitative estimate of drug-likeness (QED) is 0.0180. The molecule has 0 aliphatic carbocycles. The van der Waals surface area contributed by atoms with Gasteiger partial charge in [0.2, 0.25) is 11.8 Å². The van der Waals surface area contributed by atoms with Gasteiger partial charge >= 0.3 is 23.5 Å². The van der Waals surface area contributed by atoms with E-state index in [2.05, 4.69) is 90.0 Å². The zero-order valence-electron chi connectivity index (χ0n) is 41.5. The maximum atomic E-state index is 12.8. The molecular formula is C45H70N7O18P3S. The Morgan fingerprint density at radius 2 is 1.46 bits per heavy atom. The molecule has 0 spiro atoms. The van der Waals surface area contributed by atoms with Crippen molar-refractivity contribution in [2.45, 2.75) is 128 Å². The summed E-state index contributed by atoms with van der Waals surface area (Å²) in [7, 11) is -16.5. The number of hydrogen-bond acceptors (Lipinski definition) is 19. The number of phosphoric acid groups is 3. The third-order valence-electron chi connectivity index (χ3n) is 10.6. The number of nitrogens with one attached hydrogen (secondary N) is 2. The molecule has 25 nitrogen and oxygen atoms in total. The number of aliphatic hydroxyl groups excluding tert-OH is 2. The Labute approximate surface area is 434 Å². The van der Waals surface area contributed by atoms with Gasteiger partial charge in [-0.2, -0.15) is 4.31 Å². The number of imidazole rings is 1. The zero-order chi connectivity index (χ0) is 54.8. The number of ether oxygens (including phenoxy) is 1. The number of unbranched alkanes of at least 4 members (excludes halogenated alkanes) is 3. The lowest BCUT2D eigenvalue weighted by atomic mass is 9.87. The molecule has 1 aliphatic heterocycles. The lowest BCUT2D eigenvalue weighted by Crippen LogP contribution is -2.46. The molecule has 1 saturated heterocycles. The van der Waals surface area contributed by atoms with Crippen molar-refractivity contribution in [3.05, 3.63) is 73.4 Å². The Hall–Kier alpha value is -4.07. The van der Waals surface area contributed by atoms with Gasteiger partial charge in [-0.05, 0) is 44.9 Å². The van der Waals surface area contributed by atoms with Gasteiger partial charge in [0, 0.05) is 37.1 Å². The van der Waals surface area contributed by atoms with Gasteiger partial charge in [-0.25, -0.2) is 28.6 Å². The van der Waals surface area contributed by atoms with Crippen LogP contribution in [0.1, 0.15) is 104 Å². The fourth-order valence-electron chi connectivity index (χ4n) is 6.67. The van der Waals surface area contributed by atoms with Crippen LogP contribution >= 0.6 is 35.2 Å². The van der Waals surface area contributed by atoms with Crippen molar-refractivity contribution in [2.24, 2.45) is 5.41 Å². The Kier molecular flexibility index (Phi) is 28.2. The summed E-state index contributed by atoms with van der Waals surface area (Å²) < 4.78 is 62.4. The van der Waals surface area contributed by atoms with Crippen molar-refractivity contribution >= 4 is 74.9 Å². The molecule has 0 radical (unpaired) electrons. The van der Waals surface area contributed by atoms with Gasteiger partial charge in [-0.15, -0.1) is 0 Å². The molecule has 1 fully saturated rings. The average Bonchev–Trinajstić information content (AvgIpc) is 3.89. The molecule has 0 aromatic carbocycles. The number of nitrogens with zero attached hydrogens (tertiary/aromatic N) is 4. The number of ketones is 1. The number of nitrogen functional groups attached to an aromatic ring is 1. The summed E-state index contributed by atoms with van der Waals surface area (Å²) in [5.41, 5.74) is 4.23. The van der Waals surface area contributed by atoms with Crippen LogP contribution in [-0.2, 0) is 55.5 Å². The second-order valence-corrected chi connectivity index (χ2v) is 22.7. The number of aliphatic hydroxyl groups is 2. The number of Topliss-reactive ketones (excluding diaryl/α,β-unsaturated/α-hetero) is 1. The Balaban J connectivity index is 1.28. The number of carbonyl (C=O) groups excluding carboxylic acids is 4. The fourth-order valence-corrected chi connectivity index (χ4v) is 10.2. The van der Waals surface area contributed by atoms with Crippen LogP contribution in [0.2, 0.25) is 0 Å². The van der Waals surface area contributed by atoms with Crippen molar-refractivity contribution in [2.75, 3.05) is 37.8 Å². The van der Waals surface area contributed by atoms with Crippen molar-refractivity contribution in [1.82, 2.24) is 30.2 Å². The molecule has 3 rings (SSSR count). The minimum absolute atomic E-state index is 0.0229. The molecule has 414 valence electrons. The first kappa shape index (κ1) is 64.2. The SMILES string of the molecule is CCCCC/C=C\C/C=C\C/C=C\C/C=C\C/C=C\CCC(=O)CC(=O)SCCNC(=O)CCNC(=O)[C@H](O)C(C)(C)COP(=O)(O)OP(=O)(O)OC[C@H]1O[C@@H](n2cnc3c(N)ncnc32)[C@H](O)[C@@H]1OP(=O)(O)O. The first-order valence-electron chi connectivity index (χ1n) is 23.8. The van der Waals surface area contributed by atoms with Gasteiger partial charge in [0.25, 0.3) is 0 Å². The maximum absolute atomic E-state index is 12.8. The normalized spacial score (nSPS) is 19.8. The highest BCUT2D eigenvalue weighted by Crippen LogP contribution is 2.61. The second kappa shape index (κ2) is 32.5. The number of hydrogen-bond donors (Lipinski definition) is 9. The van der Waals surface area contributed by atoms with Crippen molar-refractivity contribution in [3.63, 3.8) is 0 Å². The van der Waals surface area contributed by atoms with Crippen molar-refractivity contribution in [3.8, 4) is 0 Å². The predicted molar refractivity (Wildman–Crippen MR) is 274 cm³/mol. The second-order valence-electron chi connectivity index (χ2n) is 17.3. The van der Waals surface area contributed by atoms with E-state index >= 15 is 0 Å². The standard InChI is InChI=1S/C45H70N7O18P3S/c1-4-5-6-7-8-9-10-11-12-13-14-15-16-17-18-19-20-21-22-23-33(53)28-36(55)74-27-26-47-35(54)24-25-48-43(58)40(57)45(2,3)30-67-73(64,65)70-72(62,63)66-29-34-39(69-71(59,60)61)38(56)44(68-34)52-32-51-37-41(46)49-31-50-42(37)52/h8-9,11-12,14-15,17-18,20-21,31-32,34,38-40,44,56-57H,4-7,10,13,16,19,22-30H2,1-3H3,(H,47,54)(H,48,58)(H,62,63)(H,64,65)(H2,46,49,50)(H2,59,60,61)/b9-8-,12-11-,15-14-,18-17-,21-20-/t34-,38-,39-,40+,44-/m1/s1. The minimum atomic E-state index is -5.60. The molecule has 2 aromatic rings. The number of allylic oxidation sites excluding steroid dienone is 10. The molecule has 10 N–H and O–H groups in total. The minimum Gasteiger partial charge on any atom is -0.386 e. The molecular weight excluding hydrogens is 1050 g/mol. The summed E-state index contributed by atoms with van der Waals surface area (Å²) in [5.74, 6) is -1.54. The zero-order valence-corrected chi connectivity index (χ0v) is 45.0. The van der Waals surface area contributed by atoms with E-state index in [-0.39, 0.29) is 66.0 Å². The highest BCUT2D eigenvalue weighted by molar-refractivity contribution is 8.13. The monoisotopic (exact) mass is 1120 g/mol. The van der Waals surface area contributed by atoms with E-state index in [1.165, 1.54) is 33.1 Å². The van der Waals surface area contributed by atoms with Crippen LogP contribution in [0.4, 0.5) is 5.82 Å². The lowest BCUT2D eigenvalue weighted by molar-refractivity contribution is -0.137. The summed E-state index contributed by atoms with van der Waals surface area (Å²) in [6, 6.07) is 0. The molecule has 1 aliphatic rings. The van der Waals surface area contributed by atoms with E-state index in [4.69, 9.17) is 19.5 Å². The van der Waals surface area contributed by atoms with E-state index in [0.29, 0.717) is 6.42 Å². The Morgan fingerprint density at radius 1 is 0.851 bits per heavy atom. The number of phosphoric ester groups is 3. The van der Waals surface area contributed by atoms with E-state index in [1.807, 2.05) is 12.2 Å². The van der Waals surface area contributed by atoms with Crippen molar-refractivity contribution < 1.29 is 85.3 Å². The van der Waals surface area contributed by atoms with Crippen LogP contribution < -0.4 is 16.4 Å². The van der Waals surface area contributed by atoms with Gasteiger partial charge in [0.1, 0.15) is 42.0 Å². The number of rotatable bonds is 36. The highest BCUT2D eigenvalue weighted by Gasteiger charge is 2.50. The van der Waals surface area contributed by atoms with Gasteiger partial charge < -0.3 is 50.9 Å². The fraction of sp³-hybridized carbons (Fsp3) is 0.578. The molecule has 3 heterocycles. The summed E-state index contributed by atoms with van der Waals surface area (Å²) >= 11 is 0.905. The molecule has 2 unspecified atom stereocenters. The average molecular weight is 1120 g/mol. The first-order valence-corrected chi connectivity index (χ1v) is 29.3. The third-order valence-corrected chi connectivity index (χ3v) is 14.6. The third kappa shape index (κ3) is 24.7. The topological polar surface area (TPSA) is 381 Å². The number of aromatic nitrogens is 4. The van der Waals surface area contributed by atoms with E-state index < -0.39 is 84.6 Å². The Morgan fingerprint density at radius 3 is 2.08 bits per heavy atom. The highest BCUT2D eigenvalue weighted by atomic mass is 32.2. The van der Waals surface area contributed by atoms with Crippen LogP contribution in [0.25, 0.3) is 11.2 Å². The molecule has 0 saturated carbocycles. The van der Waals surface area contributed by atoms with Gasteiger partial charge in [-0.1, -0.05) is 106 Å². The van der Waals surface area contributed by atoms with Gasteiger partial charge in [-0.3, -0.25) is 37.3 Å². The predicted octanol–water partition coefficient (Wildman–Crippen LogP) is 5.33. The summed E-state index contributed by atoms with van der Waals surface area (Å²) in [5, 5.41) is 26.2. The number of nitrogens with two attached hydrogens (primary N) is 1. The molecule has 2 aromatic heterocycles. The number of carbonyl (C=O) groups is 4. The molecule has 7 atom stereocenters. The van der Waals surface area contributed by atoms with Crippen LogP contribution in [0, 0.1) is 5.41 Å². The number of thioether (sulfide) groups is 1. The molecule has 29 heteroatoms. The van der Waals surface area contributed by atoms with Crippen molar-refractivity contribution in [1.29, 1.82) is 0 Å². The van der Waals surface area contributed by atoms with E-state index in [0.717, 1.165) is 61.1 Å². The van der Waals surface area contributed by atoms with Crippen LogP contribution in [-0.4, -0.2) is 128 Å². The molecule has 74 heavy (non-hydrogen) atoms. The molecule has 2 amide bonds. The summed E-state index contributed by atoms with van der Waals surface area (Å²) in [6.45, 7) is 2.48. The molecule has 0 bridgehead atoms. The maximum Gasteiger partial charge on any atom is 0.481 e. The van der Waals surface area contributed by atoms with Crippen LogP contribution in [0.5, 0.6) is 0 Å². The summed E-state index contributed by atoms with van der Waals surface area (Å²) in [4.78, 5) is 101. The summed E-state index contributed by atoms with van der Waals surface area (Å²) in [6.07, 6.45) is 22.9. The number of anilines is 1. The van der Waals surface area contributed by atoms with E-state index in [9.17, 15) is 62.7 Å². The van der Waals surface area contributed by atoms with Gasteiger partial charge in [0.15, 0.2) is 22.8 Å². The lowest BCUT2D eigenvalue weighted by Gasteiger charge is -2.30. The number of fused-ring (bicyclic) bond motifs is 1. The van der Waals surface area contributed by atoms with Crippen LogP contribution in [0.3, 0.4) is 0 Å². The van der Waals surface area contributed by atoms with E-state index in [1.54, 1.807) is 0 Å². The number of amides is 2. The van der Waals surface area contributed by atoms with Crippen LogP contribution in [0.15, 0.2) is 73.4 Å². The Bertz CT molecular complexity index is 2430. The van der Waals surface area contributed by atoms with Gasteiger partial charge in [0.05, 0.1) is 26.0 Å².